The molecule has 0 radical (unpaired) electrons. The number of likely N-dealkylation sites (tertiary alicyclic amines) is 1. The van der Waals surface area contributed by atoms with Gasteiger partial charge in [0.15, 0.2) is 5.82 Å². The first-order valence-electron chi connectivity index (χ1n) is 8.73. The average molecular weight is 357 g/mol. The highest BCUT2D eigenvalue weighted by molar-refractivity contribution is 6.00. The lowest BCUT2D eigenvalue weighted by Crippen LogP contribution is -2.42. The second kappa shape index (κ2) is 6.90. The molecular weight excluding hydrogens is 334 g/mol. The van der Waals surface area contributed by atoms with Crippen LogP contribution in [0, 0.1) is 5.92 Å². The molecule has 1 aromatic heterocycles. The number of benzene rings is 1. The predicted octanol–water partition coefficient (Wildman–Crippen LogP) is 2.97. The Labute approximate surface area is 152 Å². The third-order valence-corrected chi connectivity index (χ3v) is 4.54. The molecule has 0 aliphatic carbocycles. The summed E-state index contributed by atoms with van der Waals surface area (Å²) in [5.74, 6) is -0.718. The quantitative estimate of drug-likeness (QED) is 0.907. The number of carboxylic acids is 1. The smallest absolute Gasteiger partial charge is 0.308 e. The average Bonchev–Trinajstić information content (AvgIpc) is 3.11. The van der Waals surface area contributed by atoms with Crippen molar-refractivity contribution in [2.75, 3.05) is 13.1 Å². The Hall–Kier alpha value is -2.70. The van der Waals surface area contributed by atoms with Crippen molar-refractivity contribution in [3.8, 4) is 11.5 Å². The third-order valence-electron chi connectivity index (χ3n) is 4.54. The monoisotopic (exact) mass is 357 g/mol. The van der Waals surface area contributed by atoms with E-state index in [1.54, 1.807) is 23.1 Å². The molecule has 1 atom stereocenters. The van der Waals surface area contributed by atoms with Crippen LogP contribution in [0.25, 0.3) is 11.5 Å². The molecule has 1 aliphatic heterocycles. The number of carbonyl (C=O) groups is 2. The van der Waals surface area contributed by atoms with Gasteiger partial charge in [0.25, 0.3) is 11.8 Å². The fraction of sp³-hybridized carbons (Fsp3) is 0.474. The molecule has 1 amide bonds. The van der Waals surface area contributed by atoms with Gasteiger partial charge >= 0.3 is 5.97 Å². The highest BCUT2D eigenvalue weighted by Gasteiger charge is 2.30. The topological polar surface area (TPSA) is 96.5 Å². The second-order valence-electron chi connectivity index (χ2n) is 7.65. The summed E-state index contributed by atoms with van der Waals surface area (Å²) in [6, 6.07) is 7.06. The van der Waals surface area contributed by atoms with E-state index >= 15 is 0 Å². The SMILES string of the molecule is CC(C)(C)c1noc(-c2ccccc2C(=O)N2CCC[C@H](C(=O)O)C2)n1. The highest BCUT2D eigenvalue weighted by Crippen LogP contribution is 2.28. The molecule has 1 N–H and O–H groups in total. The molecule has 1 saturated heterocycles. The van der Waals surface area contributed by atoms with Gasteiger partial charge in [-0.3, -0.25) is 9.59 Å². The number of carboxylic acid groups (broad SMARTS) is 1. The minimum absolute atomic E-state index is 0.206. The van der Waals surface area contributed by atoms with Crippen molar-refractivity contribution in [3.63, 3.8) is 0 Å². The van der Waals surface area contributed by atoms with E-state index in [1.807, 2.05) is 26.8 Å². The van der Waals surface area contributed by atoms with Gasteiger partial charge < -0.3 is 14.5 Å². The summed E-state index contributed by atoms with van der Waals surface area (Å²) in [4.78, 5) is 30.3. The first-order chi connectivity index (χ1) is 12.3. The lowest BCUT2D eigenvalue weighted by Gasteiger charge is -2.31. The maximum Gasteiger partial charge on any atom is 0.308 e. The Bertz CT molecular complexity index is 822. The van der Waals surface area contributed by atoms with Crippen LogP contribution in [0.1, 0.15) is 49.8 Å². The summed E-state index contributed by atoms with van der Waals surface area (Å²) in [6.07, 6.45) is 1.28. The Kier molecular flexibility index (Phi) is 4.80. The highest BCUT2D eigenvalue weighted by atomic mass is 16.5. The van der Waals surface area contributed by atoms with Crippen LogP contribution in [0.2, 0.25) is 0 Å². The number of aromatic nitrogens is 2. The lowest BCUT2D eigenvalue weighted by molar-refractivity contribution is -0.143. The van der Waals surface area contributed by atoms with Crippen molar-refractivity contribution in [2.24, 2.45) is 5.92 Å². The van der Waals surface area contributed by atoms with Crippen LogP contribution in [0.15, 0.2) is 28.8 Å². The number of amides is 1. The van der Waals surface area contributed by atoms with Gasteiger partial charge in [0, 0.05) is 18.5 Å². The van der Waals surface area contributed by atoms with Crippen molar-refractivity contribution < 1.29 is 19.2 Å². The molecule has 1 aromatic carbocycles. The van der Waals surface area contributed by atoms with Crippen LogP contribution >= 0.6 is 0 Å². The van der Waals surface area contributed by atoms with E-state index in [1.165, 1.54) is 0 Å². The van der Waals surface area contributed by atoms with E-state index in [0.29, 0.717) is 42.2 Å². The summed E-state index contributed by atoms with van der Waals surface area (Å²) < 4.78 is 5.39. The summed E-state index contributed by atoms with van der Waals surface area (Å²) in [6.45, 7) is 6.73. The van der Waals surface area contributed by atoms with Crippen LogP contribution in [0.4, 0.5) is 0 Å². The molecule has 0 saturated carbocycles. The first kappa shape index (κ1) is 18.1. The van der Waals surface area contributed by atoms with Gasteiger partial charge in [-0.2, -0.15) is 4.98 Å². The third kappa shape index (κ3) is 3.61. The fourth-order valence-electron chi connectivity index (χ4n) is 3.03. The van der Waals surface area contributed by atoms with Crippen molar-refractivity contribution in [1.82, 2.24) is 15.0 Å². The number of piperidine rings is 1. The van der Waals surface area contributed by atoms with E-state index in [4.69, 9.17) is 4.52 Å². The molecule has 138 valence electrons. The standard InChI is InChI=1S/C19H23N3O4/c1-19(2,3)18-20-15(26-21-18)13-8-4-5-9-14(13)16(23)22-10-6-7-12(11-22)17(24)25/h4-5,8-9,12H,6-7,10-11H2,1-3H3,(H,24,25)/t12-/m0/s1. The maximum atomic E-state index is 13.0. The number of hydrogen-bond acceptors (Lipinski definition) is 5. The molecule has 26 heavy (non-hydrogen) atoms. The number of hydrogen-bond donors (Lipinski definition) is 1. The molecule has 0 unspecified atom stereocenters. The molecule has 3 rings (SSSR count). The molecule has 7 nitrogen and oxygen atoms in total. The minimum atomic E-state index is -0.859. The van der Waals surface area contributed by atoms with Gasteiger partial charge in [-0.1, -0.05) is 38.1 Å². The molecule has 2 aromatic rings. The van der Waals surface area contributed by atoms with Gasteiger partial charge in [0.2, 0.25) is 0 Å². The zero-order valence-corrected chi connectivity index (χ0v) is 15.2. The second-order valence-corrected chi connectivity index (χ2v) is 7.65. The van der Waals surface area contributed by atoms with E-state index < -0.39 is 11.9 Å². The minimum Gasteiger partial charge on any atom is -0.481 e. The summed E-state index contributed by atoms with van der Waals surface area (Å²) >= 11 is 0. The molecular formula is C19H23N3O4. The molecule has 0 bridgehead atoms. The van der Waals surface area contributed by atoms with Crippen molar-refractivity contribution in [1.29, 1.82) is 0 Å². The maximum absolute atomic E-state index is 13.0. The molecule has 1 aliphatic rings. The van der Waals surface area contributed by atoms with Crippen molar-refractivity contribution >= 4 is 11.9 Å². The Morgan fingerprint density at radius 3 is 2.65 bits per heavy atom. The van der Waals surface area contributed by atoms with E-state index in [2.05, 4.69) is 10.1 Å². The fourth-order valence-corrected chi connectivity index (χ4v) is 3.03. The largest absolute Gasteiger partial charge is 0.481 e. The van der Waals surface area contributed by atoms with Crippen molar-refractivity contribution in [2.45, 2.75) is 39.0 Å². The Balaban J connectivity index is 1.91. The molecule has 2 heterocycles. The Morgan fingerprint density at radius 1 is 1.27 bits per heavy atom. The van der Waals surface area contributed by atoms with Gasteiger partial charge in [-0.05, 0) is 25.0 Å². The van der Waals surface area contributed by atoms with E-state index in [-0.39, 0.29) is 17.9 Å². The number of carbonyl (C=O) groups excluding carboxylic acids is 1. The normalized spacial score (nSPS) is 18.0. The van der Waals surface area contributed by atoms with Crippen molar-refractivity contribution in [3.05, 3.63) is 35.7 Å². The summed E-state index contributed by atoms with van der Waals surface area (Å²) in [7, 11) is 0. The van der Waals surface area contributed by atoms with Gasteiger partial charge in [0.05, 0.1) is 17.0 Å². The number of nitrogens with zero attached hydrogens (tertiary/aromatic N) is 3. The van der Waals surface area contributed by atoms with Gasteiger partial charge in [-0.25, -0.2) is 0 Å². The van der Waals surface area contributed by atoms with E-state index in [9.17, 15) is 14.7 Å². The molecule has 0 spiro atoms. The lowest BCUT2D eigenvalue weighted by atomic mass is 9.96. The molecule has 1 fully saturated rings. The summed E-state index contributed by atoms with van der Waals surface area (Å²) in [5.41, 5.74) is 0.753. The Morgan fingerprint density at radius 2 is 2.00 bits per heavy atom. The number of aliphatic carboxylic acids is 1. The summed E-state index contributed by atoms with van der Waals surface area (Å²) in [5, 5.41) is 13.3. The van der Waals surface area contributed by atoms with Gasteiger partial charge in [0.1, 0.15) is 0 Å². The van der Waals surface area contributed by atoms with Crippen LogP contribution in [0.5, 0.6) is 0 Å². The van der Waals surface area contributed by atoms with Crippen LogP contribution in [-0.2, 0) is 10.2 Å². The van der Waals surface area contributed by atoms with Crippen LogP contribution in [-0.4, -0.2) is 45.1 Å². The van der Waals surface area contributed by atoms with Crippen LogP contribution < -0.4 is 0 Å². The zero-order valence-electron chi connectivity index (χ0n) is 15.2. The zero-order chi connectivity index (χ0) is 18.9. The number of rotatable bonds is 3. The predicted molar refractivity (Wildman–Crippen MR) is 94.7 cm³/mol. The first-order valence-corrected chi connectivity index (χ1v) is 8.73. The van der Waals surface area contributed by atoms with Crippen LogP contribution in [0.3, 0.4) is 0 Å². The molecule has 7 heteroatoms. The van der Waals surface area contributed by atoms with E-state index in [0.717, 1.165) is 0 Å². The van der Waals surface area contributed by atoms with Gasteiger partial charge in [-0.15, -0.1) is 0 Å².